The molecule has 0 bridgehead atoms. The zero-order valence-corrected chi connectivity index (χ0v) is 14.2. The summed E-state index contributed by atoms with van der Waals surface area (Å²) in [5.41, 5.74) is 4.56. The molecule has 0 fully saturated rings. The van der Waals surface area contributed by atoms with E-state index in [1.165, 1.54) is 4.90 Å². The molecule has 1 amide bonds. The quantitative estimate of drug-likeness (QED) is 0.907. The highest BCUT2D eigenvalue weighted by Crippen LogP contribution is 2.29. The summed E-state index contributed by atoms with van der Waals surface area (Å²) in [5.74, 6) is -1.23. The van der Waals surface area contributed by atoms with Gasteiger partial charge in [0.25, 0.3) is 5.91 Å². The van der Waals surface area contributed by atoms with Gasteiger partial charge in [-0.1, -0.05) is 24.3 Å². The van der Waals surface area contributed by atoms with Crippen molar-refractivity contribution in [2.45, 2.75) is 44.7 Å². The number of carbonyl (C=O) groups is 2. The number of nitrogens with zero attached hydrogens (tertiary/aromatic N) is 3. The van der Waals surface area contributed by atoms with Gasteiger partial charge in [0.15, 0.2) is 5.69 Å². The summed E-state index contributed by atoms with van der Waals surface area (Å²) in [6.45, 7) is 0.317. The van der Waals surface area contributed by atoms with Crippen molar-refractivity contribution >= 4 is 11.9 Å². The largest absolute Gasteiger partial charge is 0.480 e. The highest BCUT2D eigenvalue weighted by atomic mass is 16.4. The van der Waals surface area contributed by atoms with Crippen LogP contribution in [0.2, 0.25) is 0 Å². The summed E-state index contributed by atoms with van der Waals surface area (Å²) < 4.78 is 1.79. The first kappa shape index (κ1) is 15.9. The van der Waals surface area contributed by atoms with Crippen LogP contribution in [0.25, 0.3) is 0 Å². The van der Waals surface area contributed by atoms with Crippen molar-refractivity contribution in [2.75, 3.05) is 0 Å². The number of amides is 1. The third-order valence-corrected chi connectivity index (χ3v) is 5.36. The molecule has 2 heterocycles. The maximum atomic E-state index is 13.2. The summed E-state index contributed by atoms with van der Waals surface area (Å²) in [5, 5.41) is 14.1. The van der Waals surface area contributed by atoms with Gasteiger partial charge in [-0.05, 0) is 36.8 Å². The van der Waals surface area contributed by atoms with E-state index in [1.807, 2.05) is 31.3 Å². The second-order valence-electron chi connectivity index (χ2n) is 6.86. The van der Waals surface area contributed by atoms with Crippen LogP contribution in [-0.2, 0) is 37.6 Å². The molecular weight excluding hydrogens is 318 g/mol. The summed E-state index contributed by atoms with van der Waals surface area (Å²) in [6.07, 6.45) is 4.26. The van der Waals surface area contributed by atoms with Crippen molar-refractivity contribution in [3.05, 3.63) is 52.3 Å². The van der Waals surface area contributed by atoms with Gasteiger partial charge in [0.2, 0.25) is 0 Å². The Labute approximate surface area is 146 Å². The minimum Gasteiger partial charge on any atom is -0.480 e. The maximum absolute atomic E-state index is 13.2. The zero-order valence-electron chi connectivity index (χ0n) is 14.2. The Morgan fingerprint density at radius 3 is 2.64 bits per heavy atom. The van der Waals surface area contributed by atoms with E-state index in [1.54, 1.807) is 4.68 Å². The lowest BCUT2D eigenvalue weighted by molar-refractivity contribution is -0.142. The van der Waals surface area contributed by atoms with Crippen LogP contribution in [0.4, 0.5) is 0 Å². The molecule has 6 heteroatoms. The third-order valence-electron chi connectivity index (χ3n) is 5.36. The Morgan fingerprint density at radius 2 is 1.88 bits per heavy atom. The first-order valence-corrected chi connectivity index (χ1v) is 8.71. The number of benzene rings is 1. The van der Waals surface area contributed by atoms with Gasteiger partial charge < -0.3 is 10.0 Å². The number of carboxylic acids is 1. The first-order valence-electron chi connectivity index (χ1n) is 8.71. The van der Waals surface area contributed by atoms with Crippen molar-refractivity contribution < 1.29 is 14.7 Å². The predicted molar refractivity (Wildman–Crippen MR) is 91.3 cm³/mol. The Morgan fingerprint density at radius 1 is 1.16 bits per heavy atom. The van der Waals surface area contributed by atoms with Crippen LogP contribution in [0.15, 0.2) is 24.3 Å². The molecule has 1 N–H and O–H groups in total. The van der Waals surface area contributed by atoms with E-state index in [0.29, 0.717) is 18.7 Å². The Balaban J connectivity index is 1.73. The fourth-order valence-electron chi connectivity index (χ4n) is 4.04. The third kappa shape index (κ3) is 2.62. The standard InChI is InChI=1S/C19H21N3O3/c1-21-15-9-5-4-8-14(15)17(20-21)18(23)22-11-13-7-3-2-6-12(13)10-16(22)19(24)25/h2-3,6-7,16H,4-5,8-11H2,1H3,(H,24,25). The number of carboxylic acid groups (broad SMARTS) is 1. The maximum Gasteiger partial charge on any atom is 0.326 e. The molecule has 0 spiro atoms. The number of aromatic nitrogens is 2. The molecule has 1 unspecified atom stereocenters. The normalized spacial score (nSPS) is 19.2. The van der Waals surface area contributed by atoms with Gasteiger partial charge in [0, 0.05) is 31.3 Å². The van der Waals surface area contributed by atoms with Crippen LogP contribution in [0.3, 0.4) is 0 Å². The van der Waals surface area contributed by atoms with Crippen LogP contribution >= 0.6 is 0 Å². The molecule has 2 aliphatic rings. The molecule has 2 aromatic rings. The van der Waals surface area contributed by atoms with Crippen molar-refractivity contribution in [1.29, 1.82) is 0 Å². The molecule has 1 aromatic carbocycles. The van der Waals surface area contributed by atoms with Crippen molar-refractivity contribution in [3.63, 3.8) is 0 Å². The van der Waals surface area contributed by atoms with Gasteiger partial charge in [0.1, 0.15) is 6.04 Å². The Kier molecular flexibility index (Phi) is 3.82. The van der Waals surface area contributed by atoms with E-state index in [0.717, 1.165) is 48.1 Å². The number of fused-ring (bicyclic) bond motifs is 2. The smallest absolute Gasteiger partial charge is 0.326 e. The number of rotatable bonds is 2. The number of aliphatic carboxylic acids is 1. The summed E-state index contributed by atoms with van der Waals surface area (Å²) in [4.78, 5) is 26.5. The second kappa shape index (κ2) is 6.02. The molecule has 4 rings (SSSR count). The molecule has 25 heavy (non-hydrogen) atoms. The summed E-state index contributed by atoms with van der Waals surface area (Å²) >= 11 is 0. The molecular formula is C19H21N3O3. The number of hydrogen-bond donors (Lipinski definition) is 1. The topological polar surface area (TPSA) is 75.4 Å². The van der Waals surface area contributed by atoms with Crippen LogP contribution in [0, 0.1) is 0 Å². The van der Waals surface area contributed by atoms with E-state index in [-0.39, 0.29) is 5.91 Å². The van der Waals surface area contributed by atoms with Gasteiger partial charge in [-0.3, -0.25) is 9.48 Å². The Hall–Kier alpha value is -2.63. The van der Waals surface area contributed by atoms with Crippen LogP contribution < -0.4 is 0 Å². The monoisotopic (exact) mass is 339 g/mol. The van der Waals surface area contributed by atoms with Gasteiger partial charge in [-0.2, -0.15) is 5.10 Å². The first-order chi connectivity index (χ1) is 12.1. The van der Waals surface area contributed by atoms with E-state index in [9.17, 15) is 14.7 Å². The highest BCUT2D eigenvalue weighted by molar-refractivity contribution is 5.97. The van der Waals surface area contributed by atoms with Crippen LogP contribution in [-0.4, -0.2) is 37.7 Å². The molecule has 1 aliphatic heterocycles. The summed E-state index contributed by atoms with van der Waals surface area (Å²) in [6, 6.07) is 6.89. The number of aryl methyl sites for hydroxylation is 1. The lowest BCUT2D eigenvalue weighted by atomic mass is 9.92. The van der Waals surface area contributed by atoms with Gasteiger partial charge in [-0.25, -0.2) is 4.79 Å². The van der Waals surface area contributed by atoms with Crippen LogP contribution in [0.5, 0.6) is 0 Å². The molecule has 0 saturated heterocycles. The molecule has 1 aliphatic carbocycles. The highest BCUT2D eigenvalue weighted by Gasteiger charge is 2.37. The fourth-order valence-corrected chi connectivity index (χ4v) is 4.04. The molecule has 1 atom stereocenters. The van der Waals surface area contributed by atoms with E-state index < -0.39 is 12.0 Å². The Bertz CT molecular complexity index is 856. The van der Waals surface area contributed by atoms with Crippen molar-refractivity contribution in [2.24, 2.45) is 7.05 Å². The molecule has 130 valence electrons. The average molecular weight is 339 g/mol. The van der Waals surface area contributed by atoms with Crippen molar-refractivity contribution in [3.8, 4) is 0 Å². The molecule has 0 saturated carbocycles. The predicted octanol–water partition coefficient (Wildman–Crippen LogP) is 1.95. The van der Waals surface area contributed by atoms with E-state index in [4.69, 9.17) is 0 Å². The molecule has 1 aromatic heterocycles. The lowest BCUT2D eigenvalue weighted by Gasteiger charge is -2.34. The summed E-state index contributed by atoms with van der Waals surface area (Å²) in [7, 11) is 1.86. The number of hydrogen-bond acceptors (Lipinski definition) is 3. The zero-order chi connectivity index (χ0) is 17.6. The average Bonchev–Trinajstić information content (AvgIpc) is 2.97. The SMILES string of the molecule is Cn1nc(C(=O)N2Cc3ccccc3CC2C(=O)O)c2c1CCCC2. The van der Waals surface area contributed by atoms with Gasteiger partial charge in [-0.15, -0.1) is 0 Å². The van der Waals surface area contributed by atoms with E-state index >= 15 is 0 Å². The molecule has 6 nitrogen and oxygen atoms in total. The van der Waals surface area contributed by atoms with Gasteiger partial charge in [0.05, 0.1) is 0 Å². The van der Waals surface area contributed by atoms with E-state index in [2.05, 4.69) is 5.10 Å². The second-order valence-corrected chi connectivity index (χ2v) is 6.86. The number of carbonyl (C=O) groups excluding carboxylic acids is 1. The molecule has 0 radical (unpaired) electrons. The fraction of sp³-hybridized carbons (Fsp3) is 0.421. The lowest BCUT2D eigenvalue weighted by Crippen LogP contribution is -2.49. The minimum absolute atomic E-state index is 0.263. The minimum atomic E-state index is -0.965. The van der Waals surface area contributed by atoms with Crippen LogP contribution in [0.1, 0.15) is 45.7 Å². The van der Waals surface area contributed by atoms with Crippen molar-refractivity contribution in [1.82, 2.24) is 14.7 Å². The van der Waals surface area contributed by atoms with Gasteiger partial charge >= 0.3 is 5.97 Å².